The third-order valence-electron chi connectivity index (χ3n) is 4.67. The van der Waals surface area contributed by atoms with Crippen molar-refractivity contribution in [1.29, 1.82) is 0 Å². The van der Waals surface area contributed by atoms with Gasteiger partial charge < -0.3 is 9.47 Å². The number of benzene rings is 2. The molecule has 29 heavy (non-hydrogen) atoms. The molecule has 2 aromatic carbocycles. The van der Waals surface area contributed by atoms with Crippen LogP contribution in [0, 0.1) is 5.82 Å². The topological polar surface area (TPSA) is 114 Å². The number of ether oxygens (including phenoxy) is 2. The number of hydrogen-bond acceptors (Lipinski definition) is 6. The number of sulfonamides is 1. The van der Waals surface area contributed by atoms with Gasteiger partial charge in [0.1, 0.15) is 23.2 Å². The summed E-state index contributed by atoms with van der Waals surface area (Å²) in [7, 11) is -4.06. The van der Waals surface area contributed by atoms with E-state index in [1.54, 1.807) is 19.1 Å². The molecule has 1 amide bonds. The molecule has 1 aliphatic rings. The Morgan fingerprint density at radius 1 is 1.21 bits per heavy atom. The van der Waals surface area contributed by atoms with Gasteiger partial charge in [-0.2, -0.15) is 4.72 Å². The Bertz CT molecular complexity index is 957. The van der Waals surface area contributed by atoms with Gasteiger partial charge in [-0.25, -0.2) is 18.3 Å². The first-order valence-electron chi connectivity index (χ1n) is 8.84. The summed E-state index contributed by atoms with van der Waals surface area (Å²) in [6.45, 7) is 1.79. The lowest BCUT2D eigenvalue weighted by Gasteiger charge is -2.25. The van der Waals surface area contributed by atoms with Gasteiger partial charge in [0.25, 0.3) is 5.91 Å². The number of hydrogen-bond donors (Lipinski definition) is 3. The molecular weight excluding hydrogens is 403 g/mol. The van der Waals surface area contributed by atoms with Gasteiger partial charge in [0, 0.05) is 13.0 Å². The Morgan fingerprint density at radius 3 is 2.41 bits per heavy atom. The number of rotatable bonds is 7. The molecule has 10 heteroatoms. The SMILES string of the molecule is CC(Oc1ccc(S(=O)(=O)NC2(C(=O)NO)CCOC2)cc1)c1ccc(F)cc1. The summed E-state index contributed by atoms with van der Waals surface area (Å²) >= 11 is 0. The molecule has 1 saturated heterocycles. The molecule has 0 aliphatic carbocycles. The van der Waals surface area contributed by atoms with Crippen LogP contribution in [0.5, 0.6) is 5.75 Å². The highest BCUT2D eigenvalue weighted by Gasteiger charge is 2.45. The van der Waals surface area contributed by atoms with E-state index in [4.69, 9.17) is 14.7 Å². The zero-order chi connectivity index (χ0) is 21.1. The first-order chi connectivity index (χ1) is 13.8. The van der Waals surface area contributed by atoms with Gasteiger partial charge in [-0.05, 0) is 48.9 Å². The van der Waals surface area contributed by atoms with Crippen LogP contribution in [0.1, 0.15) is 25.0 Å². The number of carbonyl (C=O) groups is 1. The smallest absolute Gasteiger partial charge is 0.267 e. The van der Waals surface area contributed by atoms with Crippen LogP contribution < -0.4 is 14.9 Å². The van der Waals surface area contributed by atoms with Gasteiger partial charge >= 0.3 is 0 Å². The van der Waals surface area contributed by atoms with Crippen molar-refractivity contribution in [2.45, 2.75) is 29.9 Å². The minimum atomic E-state index is -4.06. The molecule has 0 bridgehead atoms. The largest absolute Gasteiger partial charge is 0.486 e. The van der Waals surface area contributed by atoms with Crippen molar-refractivity contribution < 1.29 is 32.3 Å². The quantitative estimate of drug-likeness (QED) is 0.462. The summed E-state index contributed by atoms with van der Waals surface area (Å²) in [6, 6.07) is 11.5. The van der Waals surface area contributed by atoms with Crippen LogP contribution >= 0.6 is 0 Å². The van der Waals surface area contributed by atoms with Gasteiger partial charge in [0.15, 0.2) is 0 Å². The Kier molecular flexibility index (Phi) is 6.18. The van der Waals surface area contributed by atoms with Crippen molar-refractivity contribution >= 4 is 15.9 Å². The minimum absolute atomic E-state index is 0.0729. The Hall–Kier alpha value is -2.53. The van der Waals surface area contributed by atoms with E-state index < -0.39 is 21.5 Å². The van der Waals surface area contributed by atoms with E-state index in [1.807, 2.05) is 0 Å². The standard InChI is InChI=1S/C19H21FN2O6S/c1-13(14-2-4-15(20)5-3-14)28-16-6-8-17(9-7-16)29(25,26)22-19(18(23)21-24)10-11-27-12-19/h2-9,13,22,24H,10-12H2,1H3,(H,21,23). The van der Waals surface area contributed by atoms with Crippen LogP contribution in [-0.2, 0) is 19.6 Å². The molecule has 3 rings (SSSR count). The van der Waals surface area contributed by atoms with Crippen molar-refractivity contribution in [1.82, 2.24) is 10.2 Å². The second-order valence-corrected chi connectivity index (χ2v) is 8.40. The lowest BCUT2D eigenvalue weighted by molar-refractivity contribution is -0.135. The van der Waals surface area contributed by atoms with E-state index >= 15 is 0 Å². The Labute approximate surface area is 167 Å². The van der Waals surface area contributed by atoms with Gasteiger partial charge in [-0.3, -0.25) is 10.0 Å². The van der Waals surface area contributed by atoms with Crippen molar-refractivity contribution in [3.8, 4) is 5.75 Å². The fraction of sp³-hybridized carbons (Fsp3) is 0.316. The fourth-order valence-electron chi connectivity index (χ4n) is 3.00. The molecule has 0 aromatic heterocycles. The highest BCUT2D eigenvalue weighted by Crippen LogP contribution is 2.26. The monoisotopic (exact) mass is 424 g/mol. The summed E-state index contributed by atoms with van der Waals surface area (Å²) in [5.41, 5.74) is 0.679. The highest BCUT2D eigenvalue weighted by atomic mass is 32.2. The lowest BCUT2D eigenvalue weighted by Crippen LogP contribution is -2.58. The summed E-state index contributed by atoms with van der Waals surface area (Å²) in [5, 5.41) is 8.93. The normalized spacial score (nSPS) is 20.2. The molecule has 1 heterocycles. The van der Waals surface area contributed by atoms with E-state index in [-0.39, 0.29) is 36.5 Å². The lowest BCUT2D eigenvalue weighted by atomic mass is 10.00. The molecular formula is C19H21FN2O6S. The van der Waals surface area contributed by atoms with Crippen LogP contribution in [0.4, 0.5) is 4.39 Å². The van der Waals surface area contributed by atoms with Crippen molar-refractivity contribution in [3.63, 3.8) is 0 Å². The molecule has 0 radical (unpaired) electrons. The van der Waals surface area contributed by atoms with Crippen molar-refractivity contribution in [3.05, 3.63) is 59.9 Å². The summed E-state index contributed by atoms with van der Waals surface area (Å²) in [4.78, 5) is 11.9. The number of carbonyl (C=O) groups excluding carboxylic acids is 1. The second kappa shape index (κ2) is 8.46. The number of halogens is 1. The fourth-order valence-corrected chi connectivity index (χ4v) is 4.38. The molecule has 8 nitrogen and oxygen atoms in total. The van der Waals surface area contributed by atoms with Crippen LogP contribution in [-0.4, -0.2) is 38.3 Å². The van der Waals surface area contributed by atoms with E-state index in [0.29, 0.717) is 5.75 Å². The zero-order valence-electron chi connectivity index (χ0n) is 15.6. The maximum atomic E-state index is 13.0. The summed E-state index contributed by atoms with van der Waals surface area (Å²) in [6.07, 6.45) is -0.280. The molecule has 1 aliphatic heterocycles. The predicted molar refractivity (Wildman–Crippen MR) is 100 cm³/mol. The van der Waals surface area contributed by atoms with Crippen molar-refractivity contribution in [2.24, 2.45) is 0 Å². The van der Waals surface area contributed by atoms with Gasteiger partial charge in [-0.15, -0.1) is 0 Å². The van der Waals surface area contributed by atoms with Crippen LogP contribution in [0.15, 0.2) is 53.4 Å². The van der Waals surface area contributed by atoms with Crippen LogP contribution in [0.2, 0.25) is 0 Å². The molecule has 1 fully saturated rings. The Balaban J connectivity index is 1.73. The molecule has 0 spiro atoms. The molecule has 2 aromatic rings. The number of hydroxylamine groups is 1. The van der Waals surface area contributed by atoms with Crippen LogP contribution in [0.25, 0.3) is 0 Å². The Morgan fingerprint density at radius 2 is 1.86 bits per heavy atom. The third kappa shape index (κ3) is 4.73. The highest BCUT2D eigenvalue weighted by molar-refractivity contribution is 7.89. The second-order valence-electron chi connectivity index (χ2n) is 6.71. The average molecular weight is 424 g/mol. The minimum Gasteiger partial charge on any atom is -0.486 e. The zero-order valence-corrected chi connectivity index (χ0v) is 16.4. The van der Waals surface area contributed by atoms with Crippen LogP contribution in [0.3, 0.4) is 0 Å². The third-order valence-corrected chi connectivity index (χ3v) is 6.23. The van der Waals surface area contributed by atoms with Crippen molar-refractivity contribution in [2.75, 3.05) is 13.2 Å². The molecule has 0 saturated carbocycles. The maximum absolute atomic E-state index is 13.0. The molecule has 3 N–H and O–H groups in total. The van der Waals surface area contributed by atoms with E-state index in [2.05, 4.69) is 4.72 Å². The molecule has 2 atom stereocenters. The molecule has 156 valence electrons. The number of amides is 1. The first-order valence-corrected chi connectivity index (χ1v) is 10.3. The van der Waals surface area contributed by atoms with Gasteiger partial charge in [0.05, 0.1) is 11.5 Å². The maximum Gasteiger partial charge on any atom is 0.267 e. The van der Waals surface area contributed by atoms with E-state index in [1.165, 1.54) is 41.9 Å². The number of nitrogens with one attached hydrogen (secondary N) is 2. The van der Waals surface area contributed by atoms with E-state index in [0.717, 1.165) is 5.56 Å². The van der Waals surface area contributed by atoms with E-state index in [9.17, 15) is 17.6 Å². The van der Waals surface area contributed by atoms with Gasteiger partial charge in [0.2, 0.25) is 10.0 Å². The first kappa shape index (κ1) is 21.2. The average Bonchev–Trinajstić information content (AvgIpc) is 3.17. The predicted octanol–water partition coefficient (Wildman–Crippen LogP) is 1.91. The van der Waals surface area contributed by atoms with Gasteiger partial charge in [-0.1, -0.05) is 12.1 Å². The summed E-state index contributed by atoms with van der Waals surface area (Å²) < 4.78 is 51.6. The molecule has 2 unspecified atom stereocenters. The summed E-state index contributed by atoms with van der Waals surface area (Å²) in [5.74, 6) is -0.803.